The first-order chi connectivity index (χ1) is 15.6. The number of phenols is 1. The molecule has 10 heteroatoms. The molecule has 0 amide bonds. The number of aromatic hydroxyl groups is 1. The largest absolute Gasteiger partial charge is 0.505 e. The van der Waals surface area contributed by atoms with Gasteiger partial charge in [0.05, 0.1) is 11.4 Å². The van der Waals surface area contributed by atoms with Gasteiger partial charge in [0.1, 0.15) is 10.6 Å². The Bertz CT molecular complexity index is 1380. The van der Waals surface area contributed by atoms with E-state index in [1.165, 1.54) is 18.2 Å². The van der Waals surface area contributed by atoms with Crippen molar-refractivity contribution >= 4 is 33.6 Å². The number of aldehydes is 1. The molecule has 3 rings (SSSR count). The number of amidine groups is 1. The number of hydrogen-bond donors (Lipinski definition) is 3. The number of benzene rings is 3. The number of nitrogens with zero attached hydrogens (tertiary/aromatic N) is 3. The number of hydrazone groups is 1. The van der Waals surface area contributed by atoms with Crippen LogP contribution >= 0.6 is 0 Å². The Labute approximate surface area is 191 Å². The van der Waals surface area contributed by atoms with Gasteiger partial charge in [0, 0.05) is 11.1 Å². The van der Waals surface area contributed by atoms with Crippen LogP contribution in [-0.4, -0.2) is 30.2 Å². The van der Waals surface area contributed by atoms with Crippen LogP contribution in [0.4, 0.5) is 11.4 Å². The summed E-state index contributed by atoms with van der Waals surface area (Å²) in [5.74, 6) is -0.232. The summed E-state index contributed by atoms with van der Waals surface area (Å²) >= 11 is 0. The standard InChI is InChI=1S/C23H22N4O5S/c1-14-8-9-19(17(11-14)13-28)24-26-23(18-6-4-5-7-21(18)33(30,31)32)27-25-20-12-15(2)10-16(3)22(20)29/h4-13,25,29H,1-3H3,(H,30,31,32)/b26-24?,27-23+. The summed E-state index contributed by atoms with van der Waals surface area (Å²) in [5.41, 5.74) is 5.80. The number of nitrogens with one attached hydrogen (secondary N) is 1. The van der Waals surface area contributed by atoms with E-state index in [1.807, 2.05) is 13.8 Å². The predicted octanol–water partition coefficient (Wildman–Crippen LogP) is 4.93. The maximum absolute atomic E-state index is 11.9. The molecule has 170 valence electrons. The molecule has 0 aromatic heterocycles. The van der Waals surface area contributed by atoms with Crippen LogP contribution in [0, 0.1) is 20.8 Å². The summed E-state index contributed by atoms with van der Waals surface area (Å²) in [7, 11) is -4.60. The number of anilines is 1. The SMILES string of the molecule is Cc1ccc(N=N/C(=N/Nc2cc(C)cc(C)c2O)c2ccccc2S(=O)(=O)O)c(C=O)c1. The van der Waals surface area contributed by atoms with Crippen molar-refractivity contribution in [2.24, 2.45) is 15.3 Å². The minimum Gasteiger partial charge on any atom is -0.505 e. The first kappa shape index (κ1) is 23.8. The van der Waals surface area contributed by atoms with Gasteiger partial charge >= 0.3 is 0 Å². The summed E-state index contributed by atoms with van der Waals surface area (Å²) in [6.07, 6.45) is 0.635. The van der Waals surface area contributed by atoms with Crippen molar-refractivity contribution in [3.63, 3.8) is 0 Å². The molecular weight excluding hydrogens is 444 g/mol. The minimum absolute atomic E-state index is 0.0279. The van der Waals surface area contributed by atoms with E-state index in [4.69, 9.17) is 0 Å². The molecular formula is C23H22N4O5S. The van der Waals surface area contributed by atoms with Crippen molar-refractivity contribution in [3.05, 3.63) is 82.4 Å². The molecule has 0 bridgehead atoms. The molecule has 0 aliphatic carbocycles. The molecule has 9 nitrogen and oxygen atoms in total. The topological polar surface area (TPSA) is 141 Å². The molecule has 0 spiro atoms. The fourth-order valence-electron chi connectivity index (χ4n) is 3.13. The second kappa shape index (κ2) is 9.72. The second-order valence-electron chi connectivity index (χ2n) is 7.38. The van der Waals surface area contributed by atoms with Gasteiger partial charge in [-0.1, -0.05) is 29.8 Å². The summed E-state index contributed by atoms with van der Waals surface area (Å²) in [5, 5.41) is 22.6. The molecule has 0 saturated heterocycles. The van der Waals surface area contributed by atoms with Gasteiger partial charge in [-0.2, -0.15) is 13.5 Å². The van der Waals surface area contributed by atoms with Gasteiger partial charge in [-0.3, -0.25) is 14.8 Å². The molecule has 0 aliphatic heterocycles. The average molecular weight is 467 g/mol. The highest BCUT2D eigenvalue weighted by molar-refractivity contribution is 7.86. The molecule has 0 unspecified atom stereocenters. The zero-order valence-corrected chi connectivity index (χ0v) is 19.0. The fourth-order valence-corrected chi connectivity index (χ4v) is 3.82. The smallest absolute Gasteiger partial charge is 0.295 e. The van der Waals surface area contributed by atoms with E-state index in [-0.39, 0.29) is 28.5 Å². The van der Waals surface area contributed by atoms with Crippen molar-refractivity contribution in [1.82, 2.24) is 0 Å². The number of hydrogen-bond acceptors (Lipinski definition) is 7. The Morgan fingerprint density at radius 1 is 1.00 bits per heavy atom. The highest BCUT2D eigenvalue weighted by Crippen LogP contribution is 2.29. The Hall–Kier alpha value is -3.89. The first-order valence-electron chi connectivity index (χ1n) is 9.78. The zero-order chi connectivity index (χ0) is 24.2. The van der Waals surface area contributed by atoms with E-state index in [2.05, 4.69) is 20.8 Å². The number of azo groups is 1. The summed E-state index contributed by atoms with van der Waals surface area (Å²) in [6.45, 7) is 5.39. The van der Waals surface area contributed by atoms with Crippen LogP contribution in [0.25, 0.3) is 0 Å². The van der Waals surface area contributed by atoms with Gasteiger partial charge in [-0.25, -0.2) is 0 Å². The quantitative estimate of drug-likeness (QED) is 0.0894. The lowest BCUT2D eigenvalue weighted by Gasteiger charge is -2.10. The van der Waals surface area contributed by atoms with Crippen LogP contribution in [-0.2, 0) is 10.1 Å². The molecule has 3 aromatic carbocycles. The fraction of sp³-hybridized carbons (Fsp3) is 0.130. The number of carbonyl (C=O) groups is 1. The molecule has 33 heavy (non-hydrogen) atoms. The number of phenolic OH excluding ortho intramolecular Hbond substituents is 1. The monoisotopic (exact) mass is 466 g/mol. The van der Waals surface area contributed by atoms with Gasteiger partial charge in [0.25, 0.3) is 10.1 Å². The molecule has 0 saturated carbocycles. The molecule has 0 aliphatic rings. The van der Waals surface area contributed by atoms with Gasteiger partial charge < -0.3 is 5.11 Å². The second-order valence-corrected chi connectivity index (χ2v) is 8.77. The Kier molecular flexibility index (Phi) is 7.00. The molecule has 0 radical (unpaired) electrons. The van der Waals surface area contributed by atoms with Crippen molar-refractivity contribution < 1.29 is 22.9 Å². The number of aryl methyl sites for hydroxylation is 3. The van der Waals surface area contributed by atoms with Gasteiger partial charge in [0.2, 0.25) is 5.84 Å². The van der Waals surface area contributed by atoms with Crippen LogP contribution in [0.1, 0.15) is 32.6 Å². The Balaban J connectivity index is 2.14. The maximum atomic E-state index is 11.9. The summed E-state index contributed by atoms with van der Waals surface area (Å²) in [4.78, 5) is 11.0. The van der Waals surface area contributed by atoms with Crippen molar-refractivity contribution in [3.8, 4) is 5.75 Å². The number of carbonyl (C=O) groups excluding carboxylic acids is 1. The molecule has 3 aromatic rings. The Morgan fingerprint density at radius 2 is 1.73 bits per heavy atom. The van der Waals surface area contributed by atoms with Crippen LogP contribution in [0.5, 0.6) is 5.75 Å². The highest BCUT2D eigenvalue weighted by atomic mass is 32.2. The summed E-state index contributed by atoms with van der Waals surface area (Å²) in [6, 6.07) is 14.0. The molecule has 0 fully saturated rings. The minimum atomic E-state index is -4.60. The lowest BCUT2D eigenvalue weighted by Crippen LogP contribution is -2.09. The normalized spacial score (nSPS) is 12.2. The van der Waals surface area contributed by atoms with Crippen LogP contribution in [0.2, 0.25) is 0 Å². The third-order valence-electron chi connectivity index (χ3n) is 4.70. The third kappa shape index (κ3) is 5.68. The van der Waals surface area contributed by atoms with Crippen molar-refractivity contribution in [2.45, 2.75) is 25.7 Å². The van der Waals surface area contributed by atoms with Gasteiger partial charge in [-0.05, 0) is 62.2 Å². The lowest BCUT2D eigenvalue weighted by molar-refractivity contribution is 0.112. The average Bonchev–Trinajstić information content (AvgIpc) is 2.77. The van der Waals surface area contributed by atoms with E-state index < -0.39 is 15.0 Å². The van der Waals surface area contributed by atoms with E-state index in [0.717, 1.165) is 11.1 Å². The molecule has 3 N–H and O–H groups in total. The maximum Gasteiger partial charge on any atom is 0.295 e. The van der Waals surface area contributed by atoms with Crippen LogP contribution < -0.4 is 5.43 Å². The molecule has 0 heterocycles. The third-order valence-corrected chi connectivity index (χ3v) is 5.61. The van der Waals surface area contributed by atoms with Crippen molar-refractivity contribution in [2.75, 3.05) is 5.43 Å². The van der Waals surface area contributed by atoms with E-state index in [0.29, 0.717) is 17.4 Å². The van der Waals surface area contributed by atoms with Crippen molar-refractivity contribution in [1.29, 1.82) is 0 Å². The zero-order valence-electron chi connectivity index (χ0n) is 18.1. The van der Waals surface area contributed by atoms with Gasteiger partial charge in [-0.15, -0.1) is 10.2 Å². The highest BCUT2D eigenvalue weighted by Gasteiger charge is 2.19. The van der Waals surface area contributed by atoms with E-state index in [1.54, 1.807) is 43.3 Å². The van der Waals surface area contributed by atoms with E-state index >= 15 is 0 Å². The Morgan fingerprint density at radius 3 is 2.42 bits per heavy atom. The molecule has 0 atom stereocenters. The predicted molar refractivity (Wildman–Crippen MR) is 125 cm³/mol. The van der Waals surface area contributed by atoms with E-state index in [9.17, 15) is 22.9 Å². The van der Waals surface area contributed by atoms with Crippen LogP contribution in [0.15, 0.2) is 74.8 Å². The lowest BCUT2D eigenvalue weighted by atomic mass is 10.1. The van der Waals surface area contributed by atoms with Gasteiger partial charge in [0.15, 0.2) is 6.29 Å². The summed E-state index contributed by atoms with van der Waals surface area (Å²) < 4.78 is 33.5. The number of rotatable bonds is 6. The first-order valence-corrected chi connectivity index (χ1v) is 11.2. The van der Waals surface area contributed by atoms with Crippen LogP contribution in [0.3, 0.4) is 0 Å².